The molecule has 1 aliphatic rings. The number of fused-ring (bicyclic) bond motifs is 1. The molecule has 32 heavy (non-hydrogen) atoms. The standard InChI is InChI=1S/C21H18FN5O4S/c22-13-3-5-14(6-4-13)23-16(28)12-27-19-18(17(24-20(27)29)15-2-1-9-31-15)25-21(32-19)26-7-10-30-11-8-26/h1-6,9H,7-8,10-12H2,(H,23,28). The van der Waals surface area contributed by atoms with E-state index in [1.165, 1.54) is 46.4 Å². The molecule has 9 nitrogen and oxygen atoms in total. The summed E-state index contributed by atoms with van der Waals surface area (Å²) in [6, 6.07) is 8.81. The Bertz CT molecular complexity index is 1310. The summed E-state index contributed by atoms with van der Waals surface area (Å²) in [5, 5.41) is 3.39. The third kappa shape index (κ3) is 3.99. The van der Waals surface area contributed by atoms with Crippen LogP contribution in [0.2, 0.25) is 0 Å². The van der Waals surface area contributed by atoms with Crippen molar-refractivity contribution in [2.75, 3.05) is 36.5 Å². The lowest BCUT2D eigenvalue weighted by Crippen LogP contribution is -2.36. The van der Waals surface area contributed by atoms with Crippen LogP contribution in [0.3, 0.4) is 0 Å². The number of nitrogens with one attached hydrogen (secondary N) is 1. The summed E-state index contributed by atoms with van der Waals surface area (Å²) >= 11 is 1.32. The van der Waals surface area contributed by atoms with E-state index >= 15 is 0 Å². The largest absolute Gasteiger partial charge is 0.463 e. The van der Waals surface area contributed by atoms with E-state index in [9.17, 15) is 14.0 Å². The van der Waals surface area contributed by atoms with E-state index in [1.807, 2.05) is 0 Å². The Morgan fingerprint density at radius 2 is 1.94 bits per heavy atom. The van der Waals surface area contributed by atoms with Gasteiger partial charge in [-0.3, -0.25) is 9.36 Å². The summed E-state index contributed by atoms with van der Waals surface area (Å²) in [5.41, 5.74) is 0.663. The van der Waals surface area contributed by atoms with Gasteiger partial charge in [0.15, 0.2) is 10.9 Å². The highest BCUT2D eigenvalue weighted by molar-refractivity contribution is 7.22. The minimum atomic E-state index is -0.588. The van der Waals surface area contributed by atoms with E-state index in [1.54, 1.807) is 12.1 Å². The number of carbonyl (C=O) groups is 1. The van der Waals surface area contributed by atoms with Crippen LogP contribution in [0.4, 0.5) is 15.2 Å². The highest BCUT2D eigenvalue weighted by atomic mass is 32.1. The summed E-state index contributed by atoms with van der Waals surface area (Å²) in [5.74, 6) is -0.415. The number of hydrogen-bond donors (Lipinski definition) is 1. The lowest BCUT2D eigenvalue weighted by Gasteiger charge is -2.25. The van der Waals surface area contributed by atoms with Crippen LogP contribution in [0.25, 0.3) is 21.8 Å². The molecule has 0 aliphatic carbocycles. The number of nitrogens with zero attached hydrogens (tertiary/aromatic N) is 4. The van der Waals surface area contributed by atoms with Crippen LogP contribution >= 0.6 is 11.3 Å². The van der Waals surface area contributed by atoms with Crippen LogP contribution in [-0.2, 0) is 16.1 Å². The Hall–Kier alpha value is -3.57. The fourth-order valence-electron chi connectivity index (χ4n) is 3.43. The number of morpholine rings is 1. The molecule has 1 aliphatic heterocycles. The molecule has 4 heterocycles. The number of benzene rings is 1. The Morgan fingerprint density at radius 3 is 2.66 bits per heavy atom. The summed E-state index contributed by atoms with van der Waals surface area (Å²) in [6.07, 6.45) is 1.50. The van der Waals surface area contributed by atoms with Crippen molar-refractivity contribution in [3.8, 4) is 11.5 Å². The highest BCUT2D eigenvalue weighted by Crippen LogP contribution is 2.33. The van der Waals surface area contributed by atoms with Crippen molar-refractivity contribution in [2.45, 2.75) is 6.54 Å². The molecule has 0 atom stereocenters. The van der Waals surface area contributed by atoms with Crippen molar-refractivity contribution >= 4 is 38.4 Å². The topological polar surface area (TPSA) is 102 Å². The van der Waals surface area contributed by atoms with Gasteiger partial charge in [0.25, 0.3) is 0 Å². The van der Waals surface area contributed by atoms with Crippen molar-refractivity contribution in [1.29, 1.82) is 0 Å². The fourth-order valence-corrected chi connectivity index (χ4v) is 4.54. The van der Waals surface area contributed by atoms with E-state index in [0.717, 1.165) is 5.13 Å². The van der Waals surface area contributed by atoms with Crippen molar-refractivity contribution < 1.29 is 18.3 Å². The van der Waals surface area contributed by atoms with E-state index < -0.39 is 17.4 Å². The van der Waals surface area contributed by atoms with Gasteiger partial charge in [-0.1, -0.05) is 11.3 Å². The predicted octanol–water partition coefficient (Wildman–Crippen LogP) is 2.73. The number of aromatic nitrogens is 3. The molecule has 1 saturated heterocycles. The zero-order valence-corrected chi connectivity index (χ0v) is 17.6. The predicted molar refractivity (Wildman–Crippen MR) is 117 cm³/mol. The molecular weight excluding hydrogens is 437 g/mol. The Morgan fingerprint density at radius 1 is 1.16 bits per heavy atom. The van der Waals surface area contributed by atoms with E-state index in [-0.39, 0.29) is 6.54 Å². The molecule has 3 aromatic heterocycles. The Balaban J connectivity index is 1.54. The van der Waals surface area contributed by atoms with Gasteiger partial charge in [0.2, 0.25) is 5.91 Å². The van der Waals surface area contributed by atoms with E-state index in [0.29, 0.717) is 53.8 Å². The lowest BCUT2D eigenvalue weighted by atomic mass is 10.3. The average molecular weight is 455 g/mol. The quantitative estimate of drug-likeness (QED) is 0.494. The smallest absolute Gasteiger partial charge is 0.349 e. The number of thiazole rings is 1. The number of carbonyl (C=O) groups excluding carboxylic acids is 1. The molecule has 4 aromatic rings. The number of halogens is 1. The third-order valence-electron chi connectivity index (χ3n) is 4.97. The maximum atomic E-state index is 13.1. The van der Waals surface area contributed by atoms with Crippen LogP contribution in [-0.4, -0.2) is 46.7 Å². The Labute approximate surface area is 185 Å². The first kappa shape index (κ1) is 20.3. The SMILES string of the molecule is O=C(Cn1c(=O)nc(-c2ccco2)c2nc(N3CCOCC3)sc21)Nc1ccc(F)cc1. The molecule has 1 amide bonds. The number of amides is 1. The summed E-state index contributed by atoms with van der Waals surface area (Å²) in [6.45, 7) is 2.28. The summed E-state index contributed by atoms with van der Waals surface area (Å²) in [7, 11) is 0. The maximum absolute atomic E-state index is 13.1. The van der Waals surface area contributed by atoms with Crippen molar-refractivity contribution in [3.05, 3.63) is 59.0 Å². The van der Waals surface area contributed by atoms with Gasteiger partial charge in [0.1, 0.15) is 28.4 Å². The molecule has 164 valence electrons. The summed E-state index contributed by atoms with van der Waals surface area (Å²) < 4.78 is 25.3. The first-order valence-corrected chi connectivity index (χ1v) is 10.7. The monoisotopic (exact) mass is 455 g/mol. The highest BCUT2D eigenvalue weighted by Gasteiger charge is 2.23. The van der Waals surface area contributed by atoms with Crippen molar-refractivity contribution in [3.63, 3.8) is 0 Å². The zero-order chi connectivity index (χ0) is 22.1. The van der Waals surface area contributed by atoms with Crippen LogP contribution in [0.5, 0.6) is 0 Å². The molecule has 0 saturated carbocycles. The van der Waals surface area contributed by atoms with Gasteiger partial charge in [0.05, 0.1) is 19.5 Å². The number of hydrogen-bond acceptors (Lipinski definition) is 8. The molecular formula is C21H18FN5O4S. The Kier molecular flexibility index (Phi) is 5.41. The van der Waals surface area contributed by atoms with Crippen LogP contribution < -0.4 is 15.9 Å². The van der Waals surface area contributed by atoms with Gasteiger partial charge < -0.3 is 19.4 Å². The number of anilines is 2. The minimum Gasteiger partial charge on any atom is -0.463 e. The van der Waals surface area contributed by atoms with Crippen LogP contribution in [0, 0.1) is 5.82 Å². The average Bonchev–Trinajstić information content (AvgIpc) is 3.48. The number of ether oxygens (including phenoxy) is 1. The van der Waals surface area contributed by atoms with Crippen LogP contribution in [0.15, 0.2) is 51.9 Å². The molecule has 0 radical (unpaired) electrons. The van der Waals surface area contributed by atoms with Crippen LogP contribution in [0.1, 0.15) is 0 Å². The van der Waals surface area contributed by atoms with Gasteiger partial charge in [-0.2, -0.15) is 4.98 Å². The van der Waals surface area contributed by atoms with E-state index in [2.05, 4.69) is 15.2 Å². The minimum absolute atomic E-state index is 0.261. The fraction of sp³-hybridized carbons (Fsp3) is 0.238. The first-order chi connectivity index (χ1) is 15.6. The molecule has 0 bridgehead atoms. The second-order valence-corrected chi connectivity index (χ2v) is 8.07. The van der Waals surface area contributed by atoms with Crippen molar-refractivity contribution in [1.82, 2.24) is 14.5 Å². The zero-order valence-electron chi connectivity index (χ0n) is 16.8. The second-order valence-electron chi connectivity index (χ2n) is 7.11. The third-order valence-corrected chi connectivity index (χ3v) is 6.11. The van der Waals surface area contributed by atoms with Gasteiger partial charge in [-0.05, 0) is 36.4 Å². The molecule has 5 rings (SSSR count). The summed E-state index contributed by atoms with van der Waals surface area (Å²) in [4.78, 5) is 37.0. The molecule has 0 spiro atoms. The number of rotatable bonds is 5. The lowest BCUT2D eigenvalue weighted by molar-refractivity contribution is -0.116. The van der Waals surface area contributed by atoms with Gasteiger partial charge >= 0.3 is 5.69 Å². The maximum Gasteiger partial charge on any atom is 0.349 e. The molecule has 1 N–H and O–H groups in total. The normalized spacial score (nSPS) is 14.1. The van der Waals surface area contributed by atoms with Gasteiger partial charge in [-0.15, -0.1) is 0 Å². The number of furan rings is 1. The van der Waals surface area contributed by atoms with Crippen molar-refractivity contribution in [2.24, 2.45) is 0 Å². The first-order valence-electron chi connectivity index (χ1n) is 9.92. The molecule has 11 heteroatoms. The van der Waals surface area contributed by atoms with E-state index in [4.69, 9.17) is 14.1 Å². The van der Waals surface area contributed by atoms with Gasteiger partial charge in [0, 0.05) is 18.8 Å². The van der Waals surface area contributed by atoms with Gasteiger partial charge in [-0.25, -0.2) is 14.2 Å². The molecule has 1 aromatic carbocycles. The second kappa shape index (κ2) is 8.52. The molecule has 0 unspecified atom stereocenters. The molecule has 1 fully saturated rings.